The third-order valence-electron chi connectivity index (χ3n) is 4.69. The van der Waals surface area contributed by atoms with Crippen LogP contribution >= 0.6 is 0 Å². The summed E-state index contributed by atoms with van der Waals surface area (Å²) in [6.45, 7) is 1.42. The third kappa shape index (κ3) is 3.46. The van der Waals surface area contributed by atoms with E-state index in [0.29, 0.717) is 36.9 Å². The lowest BCUT2D eigenvalue weighted by molar-refractivity contribution is 0.0367. The highest BCUT2D eigenvalue weighted by atomic mass is 19.1. The lowest BCUT2D eigenvalue weighted by Crippen LogP contribution is -2.42. The Morgan fingerprint density at radius 2 is 1.96 bits per heavy atom. The molecule has 0 spiro atoms. The summed E-state index contributed by atoms with van der Waals surface area (Å²) in [6, 6.07) is 11.7. The predicted molar refractivity (Wildman–Crippen MR) is 100 cm³/mol. The molecule has 0 radical (unpaired) electrons. The fourth-order valence-corrected chi connectivity index (χ4v) is 3.24. The molecule has 0 unspecified atom stereocenters. The molecule has 27 heavy (non-hydrogen) atoms. The Bertz CT molecular complexity index is 1010. The fourth-order valence-electron chi connectivity index (χ4n) is 3.24. The first-order chi connectivity index (χ1) is 13.1. The number of hydrogen-bond donors (Lipinski definition) is 0. The number of pyridine rings is 1. The van der Waals surface area contributed by atoms with Crippen LogP contribution in [0.5, 0.6) is 0 Å². The molecule has 0 amide bonds. The fraction of sp³-hybridized carbons (Fsp3) is 0.250. The summed E-state index contributed by atoms with van der Waals surface area (Å²) in [5.74, 6) is 0.246. The number of rotatable bonds is 3. The summed E-state index contributed by atoms with van der Waals surface area (Å²) >= 11 is 0. The standard InChI is InChI=1S/C20H19FN4O2/c1-24-19(26)12-17(14-6-8-22-9-7-14)23-20(24)25-10-11-27-18(13-25)15-4-2-3-5-16(15)21/h2-9,12,18H,10-11,13H2,1H3/t18-/m1/s1. The molecule has 3 aromatic rings. The van der Waals surface area contributed by atoms with E-state index in [4.69, 9.17) is 4.74 Å². The highest BCUT2D eigenvalue weighted by Gasteiger charge is 2.26. The van der Waals surface area contributed by atoms with Gasteiger partial charge in [0.1, 0.15) is 11.9 Å². The van der Waals surface area contributed by atoms with Crippen LogP contribution in [0.2, 0.25) is 0 Å². The zero-order chi connectivity index (χ0) is 18.8. The maximum Gasteiger partial charge on any atom is 0.255 e. The second-order valence-corrected chi connectivity index (χ2v) is 6.40. The lowest BCUT2D eigenvalue weighted by Gasteiger charge is -2.34. The van der Waals surface area contributed by atoms with Gasteiger partial charge < -0.3 is 9.64 Å². The van der Waals surface area contributed by atoms with Gasteiger partial charge >= 0.3 is 0 Å². The van der Waals surface area contributed by atoms with Crippen molar-refractivity contribution in [3.8, 4) is 11.3 Å². The first-order valence-electron chi connectivity index (χ1n) is 8.73. The van der Waals surface area contributed by atoms with Crippen molar-refractivity contribution in [3.63, 3.8) is 0 Å². The topological polar surface area (TPSA) is 60.2 Å². The smallest absolute Gasteiger partial charge is 0.255 e. The Hall–Kier alpha value is -3.06. The molecule has 1 atom stereocenters. The summed E-state index contributed by atoms with van der Waals surface area (Å²) < 4.78 is 21.4. The summed E-state index contributed by atoms with van der Waals surface area (Å²) in [6.07, 6.45) is 2.91. The molecule has 0 N–H and O–H groups in total. The number of benzene rings is 1. The van der Waals surface area contributed by atoms with Crippen molar-refractivity contribution in [1.29, 1.82) is 0 Å². The minimum absolute atomic E-state index is 0.152. The average Bonchev–Trinajstić information content (AvgIpc) is 2.71. The van der Waals surface area contributed by atoms with Crippen molar-refractivity contribution in [2.45, 2.75) is 6.10 Å². The minimum atomic E-state index is -0.415. The van der Waals surface area contributed by atoms with Gasteiger partial charge in [-0.1, -0.05) is 18.2 Å². The van der Waals surface area contributed by atoms with Gasteiger partial charge in [0, 0.05) is 43.2 Å². The van der Waals surface area contributed by atoms with Crippen LogP contribution in [0.4, 0.5) is 10.3 Å². The summed E-state index contributed by atoms with van der Waals surface area (Å²) in [5, 5.41) is 0. The van der Waals surface area contributed by atoms with E-state index in [0.717, 1.165) is 5.56 Å². The zero-order valence-corrected chi connectivity index (χ0v) is 14.9. The van der Waals surface area contributed by atoms with Gasteiger partial charge in [-0.15, -0.1) is 0 Å². The van der Waals surface area contributed by atoms with Crippen LogP contribution in [0.3, 0.4) is 0 Å². The first-order valence-corrected chi connectivity index (χ1v) is 8.73. The maximum atomic E-state index is 14.2. The van der Waals surface area contributed by atoms with Crippen LogP contribution in [0.15, 0.2) is 59.7 Å². The SMILES string of the molecule is Cn1c(N2CCO[C@@H](c3ccccc3F)C2)nc(-c2ccncc2)cc1=O. The second kappa shape index (κ2) is 7.28. The molecular weight excluding hydrogens is 347 g/mol. The van der Waals surface area contributed by atoms with Gasteiger partial charge in [-0.25, -0.2) is 9.37 Å². The van der Waals surface area contributed by atoms with E-state index in [1.807, 2.05) is 17.0 Å². The van der Waals surface area contributed by atoms with Crippen molar-refractivity contribution in [2.75, 3.05) is 24.6 Å². The van der Waals surface area contributed by atoms with Crippen LogP contribution in [0.25, 0.3) is 11.3 Å². The van der Waals surface area contributed by atoms with Crippen molar-refractivity contribution in [3.05, 3.63) is 76.6 Å². The number of ether oxygens (including phenoxy) is 1. The number of halogens is 1. The molecular formula is C20H19FN4O2. The first kappa shape index (κ1) is 17.4. The van der Waals surface area contributed by atoms with Gasteiger partial charge in [0.25, 0.3) is 5.56 Å². The van der Waals surface area contributed by atoms with E-state index in [2.05, 4.69) is 9.97 Å². The molecule has 0 aliphatic carbocycles. The molecule has 1 saturated heterocycles. The number of morpholine rings is 1. The number of aromatic nitrogens is 3. The molecule has 138 valence electrons. The highest BCUT2D eigenvalue weighted by molar-refractivity contribution is 5.59. The molecule has 1 fully saturated rings. The van der Waals surface area contributed by atoms with Crippen LogP contribution < -0.4 is 10.5 Å². The van der Waals surface area contributed by atoms with Crippen molar-refractivity contribution in [2.24, 2.45) is 7.05 Å². The zero-order valence-electron chi connectivity index (χ0n) is 14.9. The quantitative estimate of drug-likeness (QED) is 0.713. The molecule has 7 heteroatoms. The van der Waals surface area contributed by atoms with Gasteiger partial charge in [-0.05, 0) is 18.2 Å². The minimum Gasteiger partial charge on any atom is -0.370 e. The monoisotopic (exact) mass is 366 g/mol. The molecule has 2 aromatic heterocycles. The normalized spacial score (nSPS) is 17.1. The Balaban J connectivity index is 1.69. The third-order valence-corrected chi connectivity index (χ3v) is 4.69. The van der Waals surface area contributed by atoms with E-state index in [1.165, 1.54) is 16.7 Å². The molecule has 0 saturated carbocycles. The Morgan fingerprint density at radius 1 is 1.19 bits per heavy atom. The summed E-state index contributed by atoms with van der Waals surface area (Å²) in [4.78, 5) is 23.1. The molecule has 4 rings (SSSR count). The lowest BCUT2D eigenvalue weighted by atomic mass is 10.1. The van der Waals surface area contributed by atoms with Crippen LogP contribution in [0.1, 0.15) is 11.7 Å². The van der Waals surface area contributed by atoms with Gasteiger partial charge in [0.15, 0.2) is 0 Å². The molecule has 6 nitrogen and oxygen atoms in total. The number of hydrogen-bond acceptors (Lipinski definition) is 5. The van der Waals surface area contributed by atoms with Gasteiger partial charge in [-0.3, -0.25) is 14.3 Å². The Kier molecular flexibility index (Phi) is 4.68. The van der Waals surface area contributed by atoms with Crippen molar-refractivity contribution >= 4 is 5.95 Å². The summed E-state index contributed by atoms with van der Waals surface area (Å²) in [5.41, 5.74) is 1.77. The molecule has 0 bridgehead atoms. The van der Waals surface area contributed by atoms with E-state index in [1.54, 1.807) is 37.6 Å². The van der Waals surface area contributed by atoms with Gasteiger partial charge in [0.05, 0.1) is 18.8 Å². The van der Waals surface area contributed by atoms with Gasteiger partial charge in [0.2, 0.25) is 5.95 Å². The predicted octanol–water partition coefficient (Wildman–Crippen LogP) is 2.56. The van der Waals surface area contributed by atoms with E-state index >= 15 is 0 Å². The molecule has 1 aromatic carbocycles. The second-order valence-electron chi connectivity index (χ2n) is 6.40. The highest BCUT2D eigenvalue weighted by Crippen LogP contribution is 2.27. The summed E-state index contributed by atoms with van der Waals surface area (Å²) in [7, 11) is 1.69. The van der Waals surface area contributed by atoms with Crippen LogP contribution in [-0.2, 0) is 11.8 Å². The molecule has 1 aliphatic heterocycles. The Morgan fingerprint density at radius 3 is 2.74 bits per heavy atom. The average molecular weight is 366 g/mol. The van der Waals surface area contributed by atoms with E-state index < -0.39 is 6.10 Å². The largest absolute Gasteiger partial charge is 0.370 e. The maximum absolute atomic E-state index is 14.2. The van der Waals surface area contributed by atoms with Crippen LogP contribution in [0, 0.1) is 5.82 Å². The van der Waals surface area contributed by atoms with Crippen LogP contribution in [-0.4, -0.2) is 34.2 Å². The number of nitrogens with zero attached hydrogens (tertiary/aromatic N) is 4. The number of anilines is 1. The van der Waals surface area contributed by atoms with E-state index in [-0.39, 0.29) is 11.4 Å². The van der Waals surface area contributed by atoms with Crippen molar-refractivity contribution < 1.29 is 9.13 Å². The Labute approximate surface area is 155 Å². The molecule has 1 aliphatic rings. The molecule has 3 heterocycles. The van der Waals surface area contributed by atoms with E-state index in [9.17, 15) is 9.18 Å². The van der Waals surface area contributed by atoms with Gasteiger partial charge in [-0.2, -0.15) is 0 Å². The van der Waals surface area contributed by atoms with Crippen molar-refractivity contribution in [1.82, 2.24) is 14.5 Å².